The van der Waals surface area contributed by atoms with E-state index < -0.39 is 17.9 Å². The predicted molar refractivity (Wildman–Crippen MR) is 66.4 cm³/mol. The molecule has 4 nitrogen and oxygen atoms in total. The van der Waals surface area contributed by atoms with Gasteiger partial charge >= 0.3 is 11.9 Å². The van der Waals surface area contributed by atoms with Crippen LogP contribution in [-0.4, -0.2) is 21.4 Å². The van der Waals surface area contributed by atoms with E-state index in [-0.39, 0.29) is 11.3 Å². The van der Waals surface area contributed by atoms with E-state index in [4.69, 9.17) is 4.74 Å². The van der Waals surface area contributed by atoms with Crippen molar-refractivity contribution in [1.82, 2.24) is 9.13 Å². The van der Waals surface area contributed by atoms with Crippen molar-refractivity contribution in [2.45, 2.75) is 24.8 Å². The zero-order valence-corrected chi connectivity index (χ0v) is 11.2. The first kappa shape index (κ1) is 13.2. The Labute approximate surface area is 112 Å². The van der Waals surface area contributed by atoms with Crippen LogP contribution < -0.4 is 5.69 Å². The SMILES string of the molecule is CC1OC1(c1ccc2c(c1)n(C)c(=O)n2C)C(F)(F)F. The van der Waals surface area contributed by atoms with Gasteiger partial charge < -0.3 is 4.74 Å². The van der Waals surface area contributed by atoms with Crippen LogP contribution in [0.5, 0.6) is 0 Å². The van der Waals surface area contributed by atoms with Gasteiger partial charge in [-0.25, -0.2) is 4.79 Å². The first-order valence-electron chi connectivity index (χ1n) is 6.10. The highest BCUT2D eigenvalue weighted by Crippen LogP contribution is 2.57. The molecule has 1 saturated heterocycles. The molecule has 7 heteroatoms. The van der Waals surface area contributed by atoms with Crippen molar-refractivity contribution in [2.24, 2.45) is 14.1 Å². The van der Waals surface area contributed by atoms with Gasteiger partial charge in [-0.05, 0) is 24.6 Å². The Morgan fingerprint density at radius 3 is 2.25 bits per heavy atom. The van der Waals surface area contributed by atoms with Crippen LogP contribution in [0.25, 0.3) is 11.0 Å². The molecule has 0 amide bonds. The van der Waals surface area contributed by atoms with Gasteiger partial charge in [0.1, 0.15) is 0 Å². The van der Waals surface area contributed by atoms with Crippen molar-refractivity contribution in [3.63, 3.8) is 0 Å². The topological polar surface area (TPSA) is 39.5 Å². The lowest BCUT2D eigenvalue weighted by atomic mass is 9.95. The summed E-state index contributed by atoms with van der Waals surface area (Å²) in [6.07, 6.45) is -5.39. The molecule has 0 radical (unpaired) electrons. The Morgan fingerprint density at radius 1 is 1.20 bits per heavy atom. The first-order valence-corrected chi connectivity index (χ1v) is 6.10. The highest BCUT2D eigenvalue weighted by atomic mass is 19.4. The number of imidazole rings is 1. The Morgan fingerprint density at radius 2 is 1.75 bits per heavy atom. The van der Waals surface area contributed by atoms with E-state index in [0.717, 1.165) is 0 Å². The fraction of sp³-hybridized carbons (Fsp3) is 0.462. The van der Waals surface area contributed by atoms with Crippen molar-refractivity contribution >= 4 is 11.0 Å². The summed E-state index contributed by atoms with van der Waals surface area (Å²) in [4.78, 5) is 11.8. The van der Waals surface area contributed by atoms with Gasteiger partial charge in [0.05, 0.1) is 17.1 Å². The average molecular weight is 286 g/mol. The summed E-state index contributed by atoms with van der Waals surface area (Å²) in [6, 6.07) is 4.28. The van der Waals surface area contributed by atoms with Crippen LogP contribution in [0.4, 0.5) is 13.2 Å². The molecular formula is C13H13F3N2O2. The summed E-state index contributed by atoms with van der Waals surface area (Å²) in [7, 11) is 3.12. The normalized spacial score (nSPS) is 26.2. The number of aryl methyl sites for hydroxylation is 2. The van der Waals surface area contributed by atoms with Gasteiger partial charge in [0.15, 0.2) is 0 Å². The fourth-order valence-corrected chi connectivity index (χ4v) is 2.75. The third-order valence-corrected chi connectivity index (χ3v) is 4.00. The van der Waals surface area contributed by atoms with Crippen molar-refractivity contribution in [3.05, 3.63) is 34.2 Å². The number of hydrogen-bond donors (Lipinski definition) is 0. The summed E-state index contributed by atoms with van der Waals surface area (Å²) in [5, 5.41) is 0. The second-order valence-corrected chi connectivity index (χ2v) is 5.10. The second-order valence-electron chi connectivity index (χ2n) is 5.10. The zero-order chi connectivity index (χ0) is 14.9. The van der Waals surface area contributed by atoms with Crippen molar-refractivity contribution in [2.75, 3.05) is 0 Å². The second kappa shape index (κ2) is 3.66. The van der Waals surface area contributed by atoms with Gasteiger partial charge in [-0.1, -0.05) is 6.07 Å². The molecule has 2 heterocycles. The van der Waals surface area contributed by atoms with Crippen LogP contribution in [0.3, 0.4) is 0 Å². The molecule has 2 aromatic rings. The number of hydrogen-bond acceptors (Lipinski definition) is 2. The quantitative estimate of drug-likeness (QED) is 0.753. The summed E-state index contributed by atoms with van der Waals surface area (Å²) < 4.78 is 47.2. The number of nitrogens with zero attached hydrogens (tertiary/aromatic N) is 2. The van der Waals surface area contributed by atoms with Gasteiger partial charge in [0.25, 0.3) is 0 Å². The molecule has 0 saturated carbocycles. The molecule has 20 heavy (non-hydrogen) atoms. The fourth-order valence-electron chi connectivity index (χ4n) is 2.75. The highest BCUT2D eigenvalue weighted by molar-refractivity contribution is 5.77. The largest absolute Gasteiger partial charge is 0.424 e. The van der Waals surface area contributed by atoms with Crippen molar-refractivity contribution in [3.8, 4) is 0 Å². The maximum atomic E-state index is 13.2. The van der Waals surface area contributed by atoms with Crippen LogP contribution in [0.2, 0.25) is 0 Å². The van der Waals surface area contributed by atoms with E-state index in [1.165, 1.54) is 41.3 Å². The number of fused-ring (bicyclic) bond motifs is 1. The molecular weight excluding hydrogens is 273 g/mol. The van der Waals surface area contributed by atoms with E-state index >= 15 is 0 Å². The van der Waals surface area contributed by atoms with Crippen LogP contribution in [-0.2, 0) is 24.4 Å². The molecule has 0 N–H and O–H groups in total. The Hall–Kier alpha value is -1.76. The number of rotatable bonds is 1. The number of aromatic nitrogens is 2. The zero-order valence-electron chi connectivity index (χ0n) is 11.2. The van der Waals surface area contributed by atoms with Crippen LogP contribution in [0.15, 0.2) is 23.0 Å². The minimum atomic E-state index is -4.48. The maximum Gasteiger partial charge on any atom is 0.424 e. The lowest BCUT2D eigenvalue weighted by Gasteiger charge is -2.17. The number of benzene rings is 1. The van der Waals surface area contributed by atoms with E-state index in [0.29, 0.717) is 11.0 Å². The molecule has 1 fully saturated rings. The molecule has 0 spiro atoms. The molecule has 2 unspecified atom stereocenters. The number of halogens is 3. The number of epoxide rings is 1. The predicted octanol–water partition coefficient (Wildman–Crippen LogP) is 2.05. The molecule has 1 aliphatic heterocycles. The van der Waals surface area contributed by atoms with Gasteiger partial charge in [-0.3, -0.25) is 9.13 Å². The molecule has 1 aliphatic rings. The van der Waals surface area contributed by atoms with Crippen LogP contribution >= 0.6 is 0 Å². The van der Waals surface area contributed by atoms with E-state index in [1.807, 2.05) is 0 Å². The van der Waals surface area contributed by atoms with Gasteiger partial charge in [0.2, 0.25) is 5.60 Å². The molecule has 0 bridgehead atoms. The third kappa shape index (κ3) is 1.44. The van der Waals surface area contributed by atoms with Gasteiger partial charge in [-0.15, -0.1) is 0 Å². The lowest BCUT2D eigenvalue weighted by molar-refractivity contribution is -0.187. The van der Waals surface area contributed by atoms with Crippen LogP contribution in [0.1, 0.15) is 12.5 Å². The first-order chi connectivity index (χ1) is 9.20. The van der Waals surface area contributed by atoms with Crippen molar-refractivity contribution < 1.29 is 17.9 Å². The van der Waals surface area contributed by atoms with Crippen molar-refractivity contribution in [1.29, 1.82) is 0 Å². The van der Waals surface area contributed by atoms with Gasteiger partial charge in [0, 0.05) is 14.1 Å². The van der Waals surface area contributed by atoms with E-state index in [2.05, 4.69) is 0 Å². The molecule has 2 atom stereocenters. The van der Waals surface area contributed by atoms with E-state index in [1.54, 1.807) is 7.05 Å². The Balaban J connectivity index is 2.25. The summed E-state index contributed by atoms with van der Waals surface area (Å²) in [6.45, 7) is 1.39. The Bertz CT molecular complexity index is 759. The molecule has 3 rings (SSSR count). The molecule has 1 aromatic heterocycles. The number of alkyl halides is 3. The maximum absolute atomic E-state index is 13.2. The minimum Gasteiger partial charge on any atom is -0.352 e. The standard InChI is InChI=1S/C13H13F3N2O2/c1-7-12(20-7,13(14,15)16)8-4-5-9-10(6-8)18(3)11(19)17(9)2/h4-7H,1-3H3. The lowest BCUT2D eigenvalue weighted by Crippen LogP contribution is -2.32. The number of ether oxygens (including phenoxy) is 1. The molecule has 1 aromatic carbocycles. The van der Waals surface area contributed by atoms with E-state index in [9.17, 15) is 18.0 Å². The summed E-state index contributed by atoms with van der Waals surface area (Å²) in [5.74, 6) is 0. The summed E-state index contributed by atoms with van der Waals surface area (Å²) >= 11 is 0. The molecule has 108 valence electrons. The highest BCUT2D eigenvalue weighted by Gasteiger charge is 2.72. The Kier molecular flexibility index (Phi) is 2.42. The third-order valence-electron chi connectivity index (χ3n) is 4.00. The van der Waals surface area contributed by atoms with Gasteiger partial charge in [-0.2, -0.15) is 13.2 Å². The summed E-state index contributed by atoms with van der Waals surface area (Å²) in [5.41, 5.74) is -1.44. The minimum absolute atomic E-state index is 0.0335. The molecule has 0 aliphatic carbocycles. The monoisotopic (exact) mass is 286 g/mol. The van der Waals surface area contributed by atoms with Crippen LogP contribution in [0, 0.1) is 0 Å². The smallest absolute Gasteiger partial charge is 0.352 e. The average Bonchev–Trinajstić information content (AvgIpc) is 3.03.